The lowest BCUT2D eigenvalue weighted by molar-refractivity contribution is -0.139. The Morgan fingerprint density at radius 1 is 0.917 bits per heavy atom. The van der Waals surface area contributed by atoms with Crippen molar-refractivity contribution in [3.63, 3.8) is 0 Å². The number of benzene rings is 3. The van der Waals surface area contributed by atoms with Crippen LogP contribution in [0.1, 0.15) is 53.9 Å². The van der Waals surface area contributed by atoms with Gasteiger partial charge in [-0.25, -0.2) is 19.8 Å². The van der Waals surface area contributed by atoms with Crippen molar-refractivity contribution in [2.75, 3.05) is 26.9 Å². The van der Waals surface area contributed by atoms with Gasteiger partial charge < -0.3 is 34.3 Å². The summed E-state index contributed by atoms with van der Waals surface area (Å²) in [5.74, 6) is -0.279. The van der Waals surface area contributed by atoms with Gasteiger partial charge in [-0.1, -0.05) is 18.2 Å². The molecule has 4 rings (SSSR count). The van der Waals surface area contributed by atoms with Crippen LogP contribution in [0.15, 0.2) is 81.5 Å². The summed E-state index contributed by atoms with van der Waals surface area (Å²) >= 11 is 3.49. The molecule has 1 aliphatic heterocycles. The van der Waals surface area contributed by atoms with Crippen molar-refractivity contribution < 1.29 is 42.9 Å². The van der Waals surface area contributed by atoms with Crippen LogP contribution in [0.25, 0.3) is 0 Å². The molecule has 0 spiro atoms. The van der Waals surface area contributed by atoms with Crippen molar-refractivity contribution in [3.05, 3.63) is 98.7 Å². The van der Waals surface area contributed by atoms with Crippen LogP contribution in [-0.2, 0) is 25.7 Å². The second-order valence-corrected chi connectivity index (χ2v) is 11.0. The first-order chi connectivity index (χ1) is 23.1. The molecule has 252 valence electrons. The Kier molecular flexibility index (Phi) is 12.5. The molecule has 3 aromatic rings. The van der Waals surface area contributed by atoms with Crippen molar-refractivity contribution in [2.24, 2.45) is 5.10 Å². The summed E-state index contributed by atoms with van der Waals surface area (Å²) in [7, 11) is 1.43. The molecule has 0 fully saturated rings. The molecule has 0 saturated heterocycles. The highest BCUT2D eigenvalue weighted by molar-refractivity contribution is 9.10. The third-order valence-corrected chi connectivity index (χ3v) is 7.48. The van der Waals surface area contributed by atoms with Gasteiger partial charge in [0, 0.05) is 5.70 Å². The molecule has 1 aliphatic rings. The molecule has 1 atom stereocenters. The number of allylic oxidation sites excluding steroid dienone is 1. The summed E-state index contributed by atoms with van der Waals surface area (Å²) in [5.41, 5.74) is 5.66. The molecule has 3 aromatic carbocycles. The smallest absolute Gasteiger partial charge is 0.338 e. The molecule has 48 heavy (non-hydrogen) atoms. The van der Waals surface area contributed by atoms with Crippen LogP contribution in [0.4, 0.5) is 4.79 Å². The highest BCUT2D eigenvalue weighted by Crippen LogP contribution is 2.34. The number of ether oxygens (including phenoxy) is 5. The van der Waals surface area contributed by atoms with Gasteiger partial charge in [0.25, 0.3) is 5.91 Å². The Balaban J connectivity index is 1.30. The maximum absolute atomic E-state index is 12.6. The van der Waals surface area contributed by atoms with Crippen molar-refractivity contribution in [1.29, 1.82) is 0 Å². The molecule has 0 aromatic heterocycles. The fraction of sp³-hybridized carbons (Fsp3) is 0.265. The van der Waals surface area contributed by atoms with E-state index in [4.69, 9.17) is 23.7 Å². The van der Waals surface area contributed by atoms with E-state index in [1.165, 1.54) is 13.3 Å². The first-order valence-corrected chi connectivity index (χ1v) is 15.7. The molecule has 0 aliphatic carbocycles. The lowest BCUT2D eigenvalue weighted by Gasteiger charge is -2.28. The van der Waals surface area contributed by atoms with E-state index in [9.17, 15) is 19.2 Å². The van der Waals surface area contributed by atoms with Crippen LogP contribution in [0.3, 0.4) is 0 Å². The zero-order valence-electron chi connectivity index (χ0n) is 26.8. The average Bonchev–Trinajstić information content (AvgIpc) is 3.07. The van der Waals surface area contributed by atoms with Crippen molar-refractivity contribution >= 4 is 46.0 Å². The predicted octanol–water partition coefficient (Wildman–Crippen LogP) is 4.93. The summed E-state index contributed by atoms with van der Waals surface area (Å²) in [6, 6.07) is 15.9. The van der Waals surface area contributed by atoms with E-state index in [1.54, 1.807) is 81.4 Å². The second-order valence-electron chi connectivity index (χ2n) is 10.2. The highest BCUT2D eigenvalue weighted by atomic mass is 79.9. The Hall–Kier alpha value is -5.37. The number of halogens is 1. The van der Waals surface area contributed by atoms with Crippen molar-refractivity contribution in [2.45, 2.75) is 33.4 Å². The van der Waals surface area contributed by atoms with E-state index in [-0.39, 0.29) is 30.5 Å². The number of nitrogens with one attached hydrogen (secondary N) is 3. The minimum Gasteiger partial charge on any atom is -0.493 e. The van der Waals surface area contributed by atoms with E-state index < -0.39 is 23.9 Å². The zero-order valence-corrected chi connectivity index (χ0v) is 28.3. The molecule has 0 unspecified atom stereocenters. The number of nitrogens with zero attached hydrogens (tertiary/aromatic N) is 1. The Morgan fingerprint density at radius 2 is 1.62 bits per heavy atom. The first kappa shape index (κ1) is 35.5. The zero-order chi connectivity index (χ0) is 34.6. The van der Waals surface area contributed by atoms with Crippen LogP contribution < -0.4 is 30.3 Å². The van der Waals surface area contributed by atoms with E-state index >= 15 is 0 Å². The van der Waals surface area contributed by atoms with Crippen molar-refractivity contribution in [1.82, 2.24) is 16.1 Å². The first-order valence-electron chi connectivity index (χ1n) is 14.9. The number of rotatable bonds is 14. The Bertz CT molecular complexity index is 1720. The lowest BCUT2D eigenvalue weighted by atomic mass is 9.95. The van der Waals surface area contributed by atoms with Crippen LogP contribution in [0, 0.1) is 0 Å². The summed E-state index contributed by atoms with van der Waals surface area (Å²) in [6.45, 7) is 5.49. The normalized spacial score (nSPS) is 14.1. The molecule has 3 N–H and O–H groups in total. The topological polar surface area (TPSA) is 163 Å². The van der Waals surface area contributed by atoms with Gasteiger partial charge in [-0.05, 0) is 95.9 Å². The molecule has 0 radical (unpaired) electrons. The number of methoxy groups -OCH3 is 1. The summed E-state index contributed by atoms with van der Waals surface area (Å²) in [4.78, 5) is 49.1. The largest absolute Gasteiger partial charge is 0.493 e. The van der Waals surface area contributed by atoms with Gasteiger partial charge in [-0.15, -0.1) is 0 Å². The van der Waals surface area contributed by atoms with Crippen molar-refractivity contribution in [3.8, 4) is 17.2 Å². The summed E-state index contributed by atoms with van der Waals surface area (Å²) in [6.07, 6.45) is 1.47. The van der Waals surface area contributed by atoms with E-state index in [0.29, 0.717) is 51.6 Å². The van der Waals surface area contributed by atoms with E-state index in [1.807, 2.05) is 0 Å². The van der Waals surface area contributed by atoms with Gasteiger partial charge in [-0.2, -0.15) is 5.10 Å². The van der Waals surface area contributed by atoms with Gasteiger partial charge in [0.05, 0.1) is 48.2 Å². The van der Waals surface area contributed by atoms with Gasteiger partial charge in [0.2, 0.25) is 0 Å². The lowest BCUT2D eigenvalue weighted by Crippen LogP contribution is -2.45. The number of esters is 2. The molecule has 0 bridgehead atoms. The fourth-order valence-electron chi connectivity index (χ4n) is 4.59. The monoisotopic (exact) mass is 722 g/mol. The SMILES string of the molecule is CCOC(=O)C1=C(C)NC(=O)N[C@H]1c1ccc(OCC(=O)N/N=C/c2ccc(OCc3ccc(C(=O)OCC)cc3)c(Br)c2)c(OC)c1. The third kappa shape index (κ3) is 9.35. The quantitative estimate of drug-likeness (QED) is 0.119. The second kappa shape index (κ2) is 17.0. The number of hydrazone groups is 1. The predicted molar refractivity (Wildman–Crippen MR) is 179 cm³/mol. The Morgan fingerprint density at radius 3 is 2.31 bits per heavy atom. The summed E-state index contributed by atoms with van der Waals surface area (Å²) in [5, 5.41) is 9.31. The van der Waals surface area contributed by atoms with E-state index in [0.717, 1.165) is 5.56 Å². The van der Waals surface area contributed by atoms with Crippen LogP contribution in [0.2, 0.25) is 0 Å². The maximum atomic E-state index is 12.6. The molecular weight excluding hydrogens is 688 g/mol. The molecule has 13 nitrogen and oxygen atoms in total. The number of amides is 3. The number of hydrogen-bond acceptors (Lipinski definition) is 10. The number of urea groups is 1. The van der Waals surface area contributed by atoms with Crippen LogP contribution >= 0.6 is 15.9 Å². The molecule has 3 amide bonds. The maximum Gasteiger partial charge on any atom is 0.338 e. The Labute approximate surface area is 285 Å². The third-order valence-electron chi connectivity index (χ3n) is 6.86. The number of hydrogen-bond donors (Lipinski definition) is 3. The van der Waals surface area contributed by atoms with Gasteiger partial charge in [-0.3, -0.25) is 4.79 Å². The van der Waals surface area contributed by atoms with Crippen LogP contribution in [-0.4, -0.2) is 57.0 Å². The molecular formula is C34H35BrN4O9. The standard InChI is InChI=1S/C34H35BrN4O9/c1-5-45-32(41)23-10-7-21(8-11-23)18-47-26-13-9-22(15-25(26)35)17-36-39-29(40)19-48-27-14-12-24(16-28(27)44-4)31-30(33(42)46-6-2)20(3)37-34(43)38-31/h7-17,31H,5-6,18-19H2,1-4H3,(H,39,40)(H2,37,38,43)/b36-17+/t31-/m0/s1. The fourth-order valence-corrected chi connectivity index (χ4v) is 5.10. The van der Waals surface area contributed by atoms with Gasteiger partial charge in [0.15, 0.2) is 18.1 Å². The average molecular weight is 724 g/mol. The molecule has 14 heteroatoms. The minimum atomic E-state index is -0.782. The number of carbonyl (C=O) groups excluding carboxylic acids is 4. The summed E-state index contributed by atoms with van der Waals surface area (Å²) < 4.78 is 27.9. The molecule has 1 heterocycles. The minimum absolute atomic E-state index is 0.176. The molecule has 0 saturated carbocycles. The highest BCUT2D eigenvalue weighted by Gasteiger charge is 2.32. The van der Waals surface area contributed by atoms with Crippen LogP contribution in [0.5, 0.6) is 17.2 Å². The van der Waals surface area contributed by atoms with Gasteiger partial charge in [0.1, 0.15) is 12.4 Å². The van der Waals surface area contributed by atoms with E-state index in [2.05, 4.69) is 37.1 Å². The van der Waals surface area contributed by atoms with Gasteiger partial charge >= 0.3 is 18.0 Å². The number of carbonyl (C=O) groups is 4.